The van der Waals surface area contributed by atoms with Gasteiger partial charge in [-0.05, 0) is 19.8 Å². The SMILES string of the molecule is CO[C@H]1CCC2=CC(=O)OC(C=O)[C@@]21C. The van der Waals surface area contributed by atoms with Gasteiger partial charge in [-0.25, -0.2) is 4.79 Å². The molecule has 0 radical (unpaired) electrons. The number of cyclic esters (lactones) is 1. The second-order valence-electron chi connectivity index (χ2n) is 4.21. The summed E-state index contributed by atoms with van der Waals surface area (Å²) in [4.78, 5) is 22.2. The first kappa shape index (κ1) is 10.4. The zero-order valence-electron chi connectivity index (χ0n) is 8.86. The summed E-state index contributed by atoms with van der Waals surface area (Å²) in [6.07, 6.45) is 3.07. The van der Waals surface area contributed by atoms with E-state index in [1.54, 1.807) is 7.11 Å². The number of fused-ring (bicyclic) bond motifs is 1. The zero-order chi connectivity index (χ0) is 11.1. The highest BCUT2D eigenvalue weighted by atomic mass is 16.6. The smallest absolute Gasteiger partial charge is 0.331 e. The van der Waals surface area contributed by atoms with Crippen molar-refractivity contribution >= 4 is 12.3 Å². The summed E-state index contributed by atoms with van der Waals surface area (Å²) in [7, 11) is 1.62. The number of carbonyl (C=O) groups excluding carboxylic acids is 2. The van der Waals surface area contributed by atoms with Crippen LogP contribution in [-0.2, 0) is 19.1 Å². The van der Waals surface area contributed by atoms with Gasteiger partial charge in [-0.1, -0.05) is 5.57 Å². The van der Waals surface area contributed by atoms with Gasteiger partial charge in [-0.15, -0.1) is 0 Å². The summed E-state index contributed by atoms with van der Waals surface area (Å²) in [5.74, 6) is -0.420. The maximum absolute atomic E-state index is 11.2. The minimum Gasteiger partial charge on any atom is -0.450 e. The Bertz CT molecular complexity index is 333. The van der Waals surface area contributed by atoms with Gasteiger partial charge in [0.2, 0.25) is 0 Å². The summed E-state index contributed by atoms with van der Waals surface area (Å²) < 4.78 is 10.4. The van der Waals surface area contributed by atoms with Crippen molar-refractivity contribution in [1.82, 2.24) is 0 Å². The fourth-order valence-corrected chi connectivity index (χ4v) is 2.61. The van der Waals surface area contributed by atoms with Crippen LogP contribution in [0.15, 0.2) is 11.6 Å². The predicted molar refractivity (Wildman–Crippen MR) is 52.2 cm³/mol. The van der Waals surface area contributed by atoms with Crippen LogP contribution in [0.5, 0.6) is 0 Å². The molecule has 0 aromatic rings. The molecule has 1 aliphatic carbocycles. The molecule has 0 amide bonds. The molecule has 0 aromatic heterocycles. The normalized spacial score (nSPS) is 39.3. The van der Waals surface area contributed by atoms with Gasteiger partial charge >= 0.3 is 5.97 Å². The van der Waals surface area contributed by atoms with E-state index < -0.39 is 17.5 Å². The van der Waals surface area contributed by atoms with Gasteiger partial charge in [-0.2, -0.15) is 0 Å². The van der Waals surface area contributed by atoms with E-state index in [9.17, 15) is 9.59 Å². The van der Waals surface area contributed by atoms with E-state index in [1.807, 2.05) is 6.92 Å². The van der Waals surface area contributed by atoms with Gasteiger partial charge in [0.25, 0.3) is 0 Å². The Balaban J connectivity index is 2.44. The Morgan fingerprint density at radius 2 is 2.40 bits per heavy atom. The minimum atomic E-state index is -0.711. The molecule has 0 aromatic carbocycles. The zero-order valence-corrected chi connectivity index (χ0v) is 8.86. The molecule has 2 aliphatic rings. The molecule has 0 bridgehead atoms. The molecule has 0 saturated heterocycles. The lowest BCUT2D eigenvalue weighted by atomic mass is 9.76. The first-order valence-electron chi connectivity index (χ1n) is 5.02. The number of hydrogen-bond donors (Lipinski definition) is 0. The van der Waals surface area contributed by atoms with E-state index in [4.69, 9.17) is 9.47 Å². The number of ether oxygens (including phenoxy) is 2. The molecular formula is C11H14O4. The predicted octanol–water partition coefficient (Wildman–Crippen LogP) is 0.852. The van der Waals surface area contributed by atoms with Gasteiger partial charge in [-0.3, -0.25) is 4.79 Å². The highest BCUT2D eigenvalue weighted by Gasteiger charge is 2.52. The fraction of sp³-hybridized carbons (Fsp3) is 0.636. The first-order chi connectivity index (χ1) is 7.12. The number of carbonyl (C=O) groups is 2. The van der Waals surface area contributed by atoms with Crippen molar-refractivity contribution in [3.63, 3.8) is 0 Å². The lowest BCUT2D eigenvalue weighted by Crippen LogP contribution is -2.47. The molecule has 3 atom stereocenters. The fourth-order valence-electron chi connectivity index (χ4n) is 2.61. The molecule has 15 heavy (non-hydrogen) atoms. The number of rotatable bonds is 2. The third-order valence-electron chi connectivity index (χ3n) is 3.57. The summed E-state index contributed by atoms with van der Waals surface area (Å²) in [5, 5.41) is 0. The molecule has 4 heteroatoms. The van der Waals surface area contributed by atoms with Crippen LogP contribution < -0.4 is 0 Å². The Kier molecular flexibility index (Phi) is 2.38. The molecule has 1 unspecified atom stereocenters. The van der Waals surface area contributed by atoms with Crippen molar-refractivity contribution < 1.29 is 19.1 Å². The lowest BCUT2D eigenvalue weighted by Gasteiger charge is -2.38. The summed E-state index contributed by atoms with van der Waals surface area (Å²) in [6.45, 7) is 1.92. The van der Waals surface area contributed by atoms with Crippen LogP contribution in [0.3, 0.4) is 0 Å². The summed E-state index contributed by atoms with van der Waals surface area (Å²) in [6, 6.07) is 0. The quantitative estimate of drug-likeness (QED) is 0.501. The number of hydrogen-bond acceptors (Lipinski definition) is 4. The van der Waals surface area contributed by atoms with Crippen molar-refractivity contribution in [2.45, 2.75) is 32.0 Å². The molecule has 2 rings (SSSR count). The van der Waals surface area contributed by atoms with E-state index in [0.29, 0.717) is 6.29 Å². The van der Waals surface area contributed by atoms with E-state index >= 15 is 0 Å². The summed E-state index contributed by atoms with van der Waals surface area (Å²) in [5.41, 5.74) is 0.507. The van der Waals surface area contributed by atoms with Gasteiger partial charge in [0, 0.05) is 13.2 Å². The molecule has 0 N–H and O–H groups in total. The second kappa shape index (κ2) is 3.45. The average molecular weight is 210 g/mol. The molecule has 1 fully saturated rings. The van der Waals surface area contributed by atoms with Crippen molar-refractivity contribution in [2.75, 3.05) is 7.11 Å². The topological polar surface area (TPSA) is 52.6 Å². The van der Waals surface area contributed by atoms with Crippen LogP contribution in [0.25, 0.3) is 0 Å². The van der Waals surface area contributed by atoms with Crippen LogP contribution in [0.1, 0.15) is 19.8 Å². The third kappa shape index (κ3) is 1.32. The van der Waals surface area contributed by atoms with Crippen molar-refractivity contribution in [2.24, 2.45) is 5.41 Å². The number of aldehydes is 1. The van der Waals surface area contributed by atoms with E-state index in [2.05, 4.69) is 0 Å². The molecule has 1 saturated carbocycles. The van der Waals surface area contributed by atoms with Crippen LogP contribution in [0, 0.1) is 5.41 Å². The molecular weight excluding hydrogens is 196 g/mol. The van der Waals surface area contributed by atoms with Gasteiger partial charge in [0.05, 0.1) is 11.5 Å². The van der Waals surface area contributed by atoms with E-state index in [-0.39, 0.29) is 6.10 Å². The van der Waals surface area contributed by atoms with Crippen LogP contribution in [0.4, 0.5) is 0 Å². The van der Waals surface area contributed by atoms with Crippen molar-refractivity contribution in [3.05, 3.63) is 11.6 Å². The Labute approximate surface area is 88.2 Å². The molecule has 1 heterocycles. The first-order valence-corrected chi connectivity index (χ1v) is 5.02. The van der Waals surface area contributed by atoms with Crippen LogP contribution in [-0.4, -0.2) is 31.6 Å². The molecule has 1 aliphatic heterocycles. The largest absolute Gasteiger partial charge is 0.450 e. The molecule has 0 spiro atoms. The number of esters is 1. The number of methoxy groups -OCH3 is 1. The second-order valence-corrected chi connectivity index (χ2v) is 4.21. The third-order valence-corrected chi connectivity index (χ3v) is 3.57. The molecule has 82 valence electrons. The lowest BCUT2D eigenvalue weighted by molar-refractivity contribution is -0.159. The Hall–Kier alpha value is -1.16. The Morgan fingerprint density at radius 1 is 1.67 bits per heavy atom. The standard InChI is InChI=1S/C11H14O4/c1-11-7(3-4-8(11)14-2)5-10(13)15-9(11)6-12/h5-6,8-9H,3-4H2,1-2H3/t8-,9?,11-/m0/s1. The van der Waals surface area contributed by atoms with Crippen LogP contribution in [0.2, 0.25) is 0 Å². The van der Waals surface area contributed by atoms with Gasteiger partial charge < -0.3 is 9.47 Å². The van der Waals surface area contributed by atoms with Gasteiger partial charge in [0.15, 0.2) is 12.4 Å². The maximum Gasteiger partial charge on any atom is 0.331 e. The maximum atomic E-state index is 11.2. The highest BCUT2D eigenvalue weighted by molar-refractivity contribution is 5.87. The van der Waals surface area contributed by atoms with Crippen molar-refractivity contribution in [1.29, 1.82) is 0 Å². The van der Waals surface area contributed by atoms with Crippen LogP contribution >= 0.6 is 0 Å². The minimum absolute atomic E-state index is 0.0490. The van der Waals surface area contributed by atoms with E-state index in [0.717, 1.165) is 18.4 Å². The van der Waals surface area contributed by atoms with E-state index in [1.165, 1.54) is 6.08 Å². The molecule has 4 nitrogen and oxygen atoms in total. The Morgan fingerprint density at radius 3 is 3.00 bits per heavy atom. The monoisotopic (exact) mass is 210 g/mol. The van der Waals surface area contributed by atoms with Gasteiger partial charge in [0.1, 0.15) is 0 Å². The average Bonchev–Trinajstić information content (AvgIpc) is 2.54. The summed E-state index contributed by atoms with van der Waals surface area (Å²) >= 11 is 0. The van der Waals surface area contributed by atoms with Crippen molar-refractivity contribution in [3.8, 4) is 0 Å². The highest BCUT2D eigenvalue weighted by Crippen LogP contribution is 2.49.